The van der Waals surface area contributed by atoms with Crippen molar-refractivity contribution >= 4 is 34.5 Å². The maximum absolute atomic E-state index is 12.1. The van der Waals surface area contributed by atoms with E-state index in [-0.39, 0.29) is 13.2 Å². The van der Waals surface area contributed by atoms with Gasteiger partial charge in [0.2, 0.25) is 5.76 Å². The van der Waals surface area contributed by atoms with Crippen LogP contribution in [0.1, 0.15) is 19.4 Å². The number of aliphatic hydroxyl groups is 1. The Hall–Kier alpha value is -2.73. The Morgan fingerprint density at radius 3 is 2.33 bits per heavy atom. The predicted molar refractivity (Wildman–Crippen MR) is 107 cm³/mol. The average Bonchev–Trinajstić information content (AvgIpc) is 2.68. The minimum Gasteiger partial charge on any atom is -0.502 e. The molecule has 0 atom stereocenters. The molecule has 0 saturated carbocycles. The van der Waals surface area contributed by atoms with E-state index in [9.17, 15) is 14.7 Å². The summed E-state index contributed by atoms with van der Waals surface area (Å²) in [5.41, 5.74) is 1.05. The fraction of sp³-hybridized carbons (Fsp3) is 0.238. The number of aliphatic hydroxyl groups excluding tert-OH is 1. The number of carbonyl (C=O) groups is 2. The van der Waals surface area contributed by atoms with Gasteiger partial charge in [0.25, 0.3) is 0 Å². The van der Waals surface area contributed by atoms with Crippen molar-refractivity contribution in [2.24, 2.45) is 0 Å². The van der Waals surface area contributed by atoms with Gasteiger partial charge in [0.15, 0.2) is 0 Å². The number of hydrogen-bond acceptors (Lipinski definition) is 6. The molecule has 0 aliphatic carbocycles. The normalized spacial score (nSPS) is 12.1. The molecule has 5 nitrogen and oxygen atoms in total. The van der Waals surface area contributed by atoms with Crippen LogP contribution in [0.5, 0.6) is 0 Å². The van der Waals surface area contributed by atoms with Gasteiger partial charge in [-0.1, -0.05) is 42.5 Å². The third kappa shape index (κ3) is 6.18. The lowest BCUT2D eigenvalue weighted by atomic mass is 10.1. The van der Waals surface area contributed by atoms with Crippen LogP contribution in [-0.2, 0) is 24.8 Å². The van der Waals surface area contributed by atoms with E-state index >= 15 is 0 Å². The highest BCUT2D eigenvalue weighted by Crippen LogP contribution is 2.25. The van der Waals surface area contributed by atoms with Crippen molar-refractivity contribution in [3.8, 4) is 0 Å². The van der Waals surface area contributed by atoms with Crippen LogP contribution in [0, 0.1) is 0 Å². The molecule has 27 heavy (non-hydrogen) atoms. The third-order valence-corrected chi connectivity index (χ3v) is 4.65. The lowest BCUT2D eigenvalue weighted by Crippen LogP contribution is -2.08. The maximum Gasteiger partial charge on any atom is 0.373 e. The van der Waals surface area contributed by atoms with Gasteiger partial charge in [-0.2, -0.15) is 0 Å². The number of carbonyl (C=O) groups excluding carboxylic acids is 2. The molecular weight excluding hydrogens is 364 g/mol. The van der Waals surface area contributed by atoms with Crippen molar-refractivity contribution < 1.29 is 24.2 Å². The summed E-state index contributed by atoms with van der Waals surface area (Å²) in [7, 11) is 0. The van der Waals surface area contributed by atoms with Crippen molar-refractivity contribution in [2.45, 2.75) is 19.6 Å². The Labute approximate surface area is 162 Å². The molecule has 0 radical (unpaired) electrons. The average molecular weight is 386 g/mol. The number of esters is 2. The van der Waals surface area contributed by atoms with Crippen LogP contribution in [0.2, 0.25) is 0 Å². The quantitative estimate of drug-likeness (QED) is 0.311. The molecule has 1 N–H and O–H groups in total. The van der Waals surface area contributed by atoms with Gasteiger partial charge >= 0.3 is 11.9 Å². The summed E-state index contributed by atoms with van der Waals surface area (Å²) in [6.07, 6.45) is 2.52. The Balaban J connectivity index is 2.15. The standard InChI is InChI=1S/C21H22O5S/c1-3-25-20(23)18(22)11-12-19(21(24)26-4-2)27-14-15-9-10-16-7-5-6-8-17(16)13-15/h5-13,22H,3-4,14H2,1-2H3. The van der Waals surface area contributed by atoms with Crippen LogP contribution in [-0.4, -0.2) is 30.3 Å². The lowest BCUT2D eigenvalue weighted by Gasteiger charge is -2.07. The van der Waals surface area contributed by atoms with E-state index in [1.807, 2.05) is 36.4 Å². The number of fused-ring (bicyclic) bond motifs is 1. The number of ether oxygens (including phenoxy) is 2. The molecular formula is C21H22O5S. The van der Waals surface area contributed by atoms with E-state index in [2.05, 4.69) is 6.07 Å². The summed E-state index contributed by atoms with van der Waals surface area (Å²) in [5.74, 6) is -1.36. The largest absolute Gasteiger partial charge is 0.502 e. The zero-order valence-electron chi connectivity index (χ0n) is 15.3. The molecule has 2 rings (SSSR count). The van der Waals surface area contributed by atoms with Gasteiger partial charge in [-0.25, -0.2) is 9.59 Å². The number of rotatable bonds is 8. The van der Waals surface area contributed by atoms with Crippen LogP contribution < -0.4 is 0 Å². The SMILES string of the molecule is CCOC(=O)C(O)=CC=C(SCc1ccc2ccccc2c1)C(=O)OCC. The summed E-state index contributed by atoms with van der Waals surface area (Å²) in [6.45, 7) is 3.75. The molecule has 2 aromatic carbocycles. The molecule has 0 unspecified atom stereocenters. The highest BCUT2D eigenvalue weighted by atomic mass is 32.2. The van der Waals surface area contributed by atoms with E-state index in [1.165, 1.54) is 17.8 Å². The molecule has 0 amide bonds. The first-order valence-corrected chi connectivity index (χ1v) is 9.59. The molecule has 0 bridgehead atoms. The first kappa shape index (κ1) is 20.6. The summed E-state index contributed by atoms with van der Waals surface area (Å²) < 4.78 is 9.75. The van der Waals surface area contributed by atoms with Gasteiger partial charge < -0.3 is 14.6 Å². The molecule has 142 valence electrons. The Morgan fingerprint density at radius 2 is 1.63 bits per heavy atom. The molecule has 0 heterocycles. The number of hydrogen-bond donors (Lipinski definition) is 1. The fourth-order valence-corrected chi connectivity index (χ4v) is 3.14. The monoisotopic (exact) mass is 386 g/mol. The summed E-state index contributed by atoms with van der Waals surface area (Å²) in [5, 5.41) is 12.0. The lowest BCUT2D eigenvalue weighted by molar-refractivity contribution is -0.141. The van der Waals surface area contributed by atoms with Crippen LogP contribution >= 0.6 is 11.8 Å². The number of allylic oxidation sites excluding steroid dienone is 2. The van der Waals surface area contributed by atoms with E-state index < -0.39 is 17.7 Å². The molecule has 0 fully saturated rings. The number of thioether (sulfide) groups is 1. The van der Waals surface area contributed by atoms with Crippen LogP contribution in [0.3, 0.4) is 0 Å². The topological polar surface area (TPSA) is 72.8 Å². The second-order valence-electron chi connectivity index (χ2n) is 5.49. The first-order valence-electron chi connectivity index (χ1n) is 8.60. The zero-order valence-corrected chi connectivity index (χ0v) is 16.1. The van der Waals surface area contributed by atoms with Crippen molar-refractivity contribution in [2.75, 3.05) is 13.2 Å². The summed E-state index contributed by atoms with van der Waals surface area (Å²) in [6, 6.07) is 14.1. The highest BCUT2D eigenvalue weighted by molar-refractivity contribution is 8.03. The first-order chi connectivity index (χ1) is 13.0. The van der Waals surface area contributed by atoms with Gasteiger partial charge in [0, 0.05) is 5.75 Å². The minimum absolute atomic E-state index is 0.155. The molecule has 0 aliphatic heterocycles. The van der Waals surface area contributed by atoms with Crippen molar-refractivity contribution in [3.05, 3.63) is 70.8 Å². The second-order valence-corrected chi connectivity index (χ2v) is 6.51. The van der Waals surface area contributed by atoms with Crippen LogP contribution in [0.15, 0.2) is 65.3 Å². The third-order valence-electron chi connectivity index (χ3n) is 3.56. The van der Waals surface area contributed by atoms with E-state index in [0.717, 1.165) is 22.4 Å². The van der Waals surface area contributed by atoms with Crippen molar-refractivity contribution in [3.63, 3.8) is 0 Å². The van der Waals surface area contributed by atoms with E-state index in [0.29, 0.717) is 10.7 Å². The molecule has 0 aromatic heterocycles. The van der Waals surface area contributed by atoms with Crippen LogP contribution in [0.25, 0.3) is 10.8 Å². The van der Waals surface area contributed by atoms with Gasteiger partial charge in [0.05, 0.1) is 18.1 Å². The Kier molecular flexibility index (Phi) is 7.95. The zero-order chi connectivity index (χ0) is 19.6. The second kappa shape index (κ2) is 10.4. The fourth-order valence-electron chi connectivity index (χ4n) is 2.29. The van der Waals surface area contributed by atoms with Gasteiger partial charge in [-0.15, -0.1) is 11.8 Å². The maximum atomic E-state index is 12.1. The van der Waals surface area contributed by atoms with E-state index in [1.54, 1.807) is 13.8 Å². The Bertz CT molecular complexity index is 870. The van der Waals surface area contributed by atoms with Crippen molar-refractivity contribution in [1.29, 1.82) is 0 Å². The molecule has 6 heteroatoms. The predicted octanol–water partition coefficient (Wildman–Crippen LogP) is 4.53. The van der Waals surface area contributed by atoms with Gasteiger partial charge in [0.1, 0.15) is 0 Å². The van der Waals surface area contributed by atoms with Crippen molar-refractivity contribution in [1.82, 2.24) is 0 Å². The smallest absolute Gasteiger partial charge is 0.373 e. The molecule has 0 saturated heterocycles. The molecule has 2 aromatic rings. The Morgan fingerprint density at radius 1 is 0.963 bits per heavy atom. The minimum atomic E-state index is -0.837. The highest BCUT2D eigenvalue weighted by Gasteiger charge is 2.13. The van der Waals surface area contributed by atoms with E-state index in [4.69, 9.17) is 9.47 Å². The van der Waals surface area contributed by atoms with Gasteiger partial charge in [-0.3, -0.25) is 0 Å². The molecule has 0 aliphatic rings. The van der Waals surface area contributed by atoms with Gasteiger partial charge in [-0.05, 0) is 42.3 Å². The number of benzene rings is 2. The van der Waals surface area contributed by atoms with Crippen LogP contribution in [0.4, 0.5) is 0 Å². The summed E-state index contributed by atoms with van der Waals surface area (Å²) in [4.78, 5) is 23.9. The summed E-state index contributed by atoms with van der Waals surface area (Å²) >= 11 is 1.28. The molecule has 0 spiro atoms.